The lowest BCUT2D eigenvalue weighted by Crippen LogP contribution is -2.48. The van der Waals surface area contributed by atoms with Gasteiger partial charge < -0.3 is 20.1 Å². The molecule has 6 nitrogen and oxygen atoms in total. The molecule has 0 bridgehead atoms. The van der Waals surface area contributed by atoms with E-state index in [1.807, 2.05) is 0 Å². The molecular weight excluding hydrogens is 450 g/mol. The fraction of sp³-hybridized carbons (Fsp3) is 0.300. The van der Waals surface area contributed by atoms with E-state index in [9.17, 15) is 9.90 Å². The van der Waals surface area contributed by atoms with Crippen LogP contribution in [0.15, 0.2) is 84.9 Å². The van der Waals surface area contributed by atoms with Crippen LogP contribution >= 0.6 is 0 Å². The van der Waals surface area contributed by atoms with Crippen molar-refractivity contribution in [2.45, 2.75) is 12.5 Å². The van der Waals surface area contributed by atoms with Gasteiger partial charge in [0, 0.05) is 38.8 Å². The molecule has 36 heavy (non-hydrogen) atoms. The Balaban J connectivity index is 1.21. The van der Waals surface area contributed by atoms with Gasteiger partial charge >= 0.3 is 0 Å². The maximum absolute atomic E-state index is 12.2. The Morgan fingerprint density at radius 3 is 2.22 bits per heavy atom. The highest BCUT2D eigenvalue weighted by molar-refractivity contribution is 5.91. The van der Waals surface area contributed by atoms with Gasteiger partial charge in [0.25, 0.3) is 0 Å². The molecule has 1 heterocycles. The second-order valence-electron chi connectivity index (χ2n) is 9.01. The number of amides is 1. The summed E-state index contributed by atoms with van der Waals surface area (Å²) in [5.41, 5.74) is 3.46. The van der Waals surface area contributed by atoms with Crippen molar-refractivity contribution in [2.24, 2.45) is 0 Å². The molecule has 0 aromatic heterocycles. The van der Waals surface area contributed by atoms with E-state index in [4.69, 9.17) is 4.74 Å². The Kier molecular flexibility index (Phi) is 9.14. The van der Waals surface area contributed by atoms with Crippen LogP contribution in [0.25, 0.3) is 6.08 Å². The molecule has 1 aliphatic rings. The molecule has 2 N–H and O–H groups in total. The Morgan fingerprint density at radius 1 is 0.972 bits per heavy atom. The number of rotatable bonds is 10. The molecule has 0 spiro atoms. The zero-order valence-electron chi connectivity index (χ0n) is 20.8. The number of nitrogens with zero attached hydrogens (tertiary/aromatic N) is 2. The number of ether oxygens (including phenoxy) is 1. The zero-order chi connectivity index (χ0) is 25.2. The van der Waals surface area contributed by atoms with Gasteiger partial charge in [0.2, 0.25) is 5.91 Å². The third kappa shape index (κ3) is 6.97. The van der Waals surface area contributed by atoms with E-state index in [-0.39, 0.29) is 17.7 Å². The quantitative estimate of drug-likeness (QED) is 0.331. The van der Waals surface area contributed by atoms with Crippen molar-refractivity contribution in [3.8, 4) is 11.5 Å². The summed E-state index contributed by atoms with van der Waals surface area (Å²) >= 11 is 0. The van der Waals surface area contributed by atoms with E-state index in [0.29, 0.717) is 12.3 Å². The van der Waals surface area contributed by atoms with Crippen molar-refractivity contribution in [3.05, 3.63) is 102 Å². The average molecular weight is 486 g/mol. The Morgan fingerprint density at radius 2 is 1.61 bits per heavy atom. The first-order valence-electron chi connectivity index (χ1n) is 12.5. The smallest absolute Gasteiger partial charge is 0.243 e. The predicted octanol–water partition coefficient (Wildman–Crippen LogP) is 4.33. The molecule has 1 aliphatic heterocycles. The summed E-state index contributed by atoms with van der Waals surface area (Å²) in [5, 5.41) is 12.6. The second-order valence-corrected chi connectivity index (χ2v) is 9.01. The first-order chi connectivity index (χ1) is 17.6. The summed E-state index contributed by atoms with van der Waals surface area (Å²) in [7, 11) is 1.50. The SMILES string of the molecule is COc1cc(C=CC(=O)NCCCN2CCN(C(c3ccccc3)c3ccccc3)CC2)ccc1O. The number of methoxy groups -OCH3 is 1. The lowest BCUT2D eigenvalue weighted by atomic mass is 9.96. The number of carbonyl (C=O) groups excluding carboxylic acids is 1. The number of piperazine rings is 1. The molecule has 1 fully saturated rings. The molecule has 0 radical (unpaired) electrons. The van der Waals surface area contributed by atoms with Gasteiger partial charge in [0.15, 0.2) is 11.5 Å². The molecule has 6 heteroatoms. The first-order valence-corrected chi connectivity index (χ1v) is 12.5. The van der Waals surface area contributed by atoms with Gasteiger partial charge in [0.1, 0.15) is 0 Å². The van der Waals surface area contributed by atoms with Crippen LogP contribution in [-0.2, 0) is 4.79 Å². The van der Waals surface area contributed by atoms with E-state index in [1.54, 1.807) is 24.3 Å². The van der Waals surface area contributed by atoms with E-state index in [0.717, 1.165) is 44.7 Å². The second kappa shape index (κ2) is 12.9. The van der Waals surface area contributed by atoms with Crippen LogP contribution in [-0.4, -0.2) is 67.2 Å². The summed E-state index contributed by atoms with van der Waals surface area (Å²) in [5.74, 6) is 0.340. The molecule has 3 aromatic carbocycles. The number of phenols is 1. The summed E-state index contributed by atoms with van der Waals surface area (Å²) < 4.78 is 5.10. The summed E-state index contributed by atoms with van der Waals surface area (Å²) in [4.78, 5) is 17.2. The largest absolute Gasteiger partial charge is 0.504 e. The van der Waals surface area contributed by atoms with Crippen LogP contribution in [0.4, 0.5) is 0 Å². The highest BCUT2D eigenvalue weighted by Gasteiger charge is 2.26. The lowest BCUT2D eigenvalue weighted by Gasteiger charge is -2.39. The molecule has 1 amide bonds. The molecule has 0 saturated carbocycles. The van der Waals surface area contributed by atoms with Gasteiger partial charge in [-0.2, -0.15) is 0 Å². The van der Waals surface area contributed by atoms with Crippen LogP contribution < -0.4 is 10.1 Å². The third-order valence-corrected chi connectivity index (χ3v) is 6.58. The average Bonchev–Trinajstić information content (AvgIpc) is 2.93. The number of carbonyl (C=O) groups is 1. The van der Waals surface area contributed by atoms with Gasteiger partial charge in [-0.1, -0.05) is 66.7 Å². The van der Waals surface area contributed by atoms with Gasteiger partial charge in [-0.25, -0.2) is 0 Å². The van der Waals surface area contributed by atoms with Crippen LogP contribution in [0.1, 0.15) is 29.2 Å². The predicted molar refractivity (Wildman–Crippen MR) is 144 cm³/mol. The van der Waals surface area contributed by atoms with Crippen molar-refractivity contribution < 1.29 is 14.6 Å². The minimum atomic E-state index is -0.125. The maximum atomic E-state index is 12.2. The Bertz CT molecular complexity index is 1090. The van der Waals surface area contributed by atoms with Gasteiger partial charge in [-0.15, -0.1) is 0 Å². The maximum Gasteiger partial charge on any atom is 0.243 e. The summed E-state index contributed by atoms with van der Waals surface area (Å²) in [6.45, 7) is 5.67. The first kappa shape index (κ1) is 25.5. The molecule has 1 saturated heterocycles. The number of nitrogens with one attached hydrogen (secondary N) is 1. The van der Waals surface area contributed by atoms with Crippen LogP contribution in [0, 0.1) is 0 Å². The van der Waals surface area contributed by atoms with Gasteiger partial charge in [-0.3, -0.25) is 9.69 Å². The van der Waals surface area contributed by atoms with Crippen molar-refractivity contribution in [1.29, 1.82) is 0 Å². The Hall–Kier alpha value is -3.61. The zero-order valence-corrected chi connectivity index (χ0v) is 20.8. The topological polar surface area (TPSA) is 65.0 Å². The van der Waals surface area contributed by atoms with E-state index >= 15 is 0 Å². The van der Waals surface area contributed by atoms with Gasteiger partial charge in [-0.05, 0) is 47.9 Å². The standard InChI is InChI=1S/C30H35N3O3/c1-36-28-23-24(13-15-27(28)34)14-16-29(35)31-17-8-18-32-19-21-33(22-20-32)30(25-9-4-2-5-10-25)26-11-6-3-7-12-26/h2-7,9-16,23,30,34H,8,17-22H2,1H3,(H,31,35). The molecule has 0 unspecified atom stereocenters. The minimum absolute atomic E-state index is 0.0792. The fourth-order valence-electron chi connectivity index (χ4n) is 4.67. The van der Waals surface area contributed by atoms with Crippen LogP contribution in [0.3, 0.4) is 0 Å². The molecule has 0 aliphatic carbocycles. The van der Waals surface area contributed by atoms with Gasteiger partial charge in [0.05, 0.1) is 13.2 Å². The fourth-order valence-corrected chi connectivity index (χ4v) is 4.67. The number of phenolic OH excluding ortho intramolecular Hbond substituents is 1. The number of hydrogen-bond donors (Lipinski definition) is 2. The highest BCUT2D eigenvalue weighted by atomic mass is 16.5. The van der Waals surface area contributed by atoms with E-state index in [1.165, 1.54) is 24.3 Å². The number of aromatic hydroxyl groups is 1. The monoisotopic (exact) mass is 485 g/mol. The van der Waals surface area contributed by atoms with E-state index in [2.05, 4.69) is 75.8 Å². The number of hydrogen-bond acceptors (Lipinski definition) is 5. The van der Waals surface area contributed by atoms with Crippen LogP contribution in [0.5, 0.6) is 11.5 Å². The van der Waals surface area contributed by atoms with Crippen LogP contribution in [0.2, 0.25) is 0 Å². The van der Waals surface area contributed by atoms with Crippen molar-refractivity contribution in [1.82, 2.24) is 15.1 Å². The normalized spacial score (nSPS) is 14.8. The minimum Gasteiger partial charge on any atom is -0.504 e. The molecule has 188 valence electrons. The molecule has 4 rings (SSSR count). The lowest BCUT2D eigenvalue weighted by molar-refractivity contribution is -0.116. The third-order valence-electron chi connectivity index (χ3n) is 6.58. The summed E-state index contributed by atoms with van der Waals surface area (Å²) in [6.07, 6.45) is 4.14. The van der Waals surface area contributed by atoms with Crippen molar-refractivity contribution in [2.75, 3.05) is 46.4 Å². The highest BCUT2D eigenvalue weighted by Crippen LogP contribution is 2.29. The molecule has 0 atom stereocenters. The Labute approximate surface area is 213 Å². The summed E-state index contributed by atoms with van der Waals surface area (Å²) in [6, 6.07) is 26.8. The van der Waals surface area contributed by atoms with Crippen molar-refractivity contribution in [3.63, 3.8) is 0 Å². The molecular formula is C30H35N3O3. The van der Waals surface area contributed by atoms with E-state index < -0.39 is 0 Å². The van der Waals surface area contributed by atoms with Crippen molar-refractivity contribution >= 4 is 12.0 Å². The number of benzene rings is 3. The molecule has 3 aromatic rings.